The van der Waals surface area contributed by atoms with Crippen molar-refractivity contribution in [3.05, 3.63) is 65.5 Å². The van der Waals surface area contributed by atoms with Crippen molar-refractivity contribution in [3.63, 3.8) is 0 Å². The van der Waals surface area contributed by atoms with Crippen molar-refractivity contribution in [3.8, 4) is 17.1 Å². The average molecular weight is 435 g/mol. The van der Waals surface area contributed by atoms with Crippen molar-refractivity contribution in [2.45, 2.75) is 38.8 Å². The van der Waals surface area contributed by atoms with Gasteiger partial charge in [0.1, 0.15) is 5.75 Å². The molecule has 7 nitrogen and oxygen atoms in total. The van der Waals surface area contributed by atoms with Gasteiger partial charge in [0.15, 0.2) is 0 Å². The quantitative estimate of drug-likeness (QED) is 0.549. The molecule has 1 amide bonds. The second kappa shape index (κ2) is 10.4. The number of hydrogen-bond donors (Lipinski definition) is 0. The van der Waals surface area contributed by atoms with Crippen LogP contribution in [-0.2, 0) is 13.1 Å². The summed E-state index contributed by atoms with van der Waals surface area (Å²) in [6.45, 7) is 3.51. The smallest absolute Gasteiger partial charge is 0.254 e. The molecule has 2 aromatic carbocycles. The number of carbonyl (C=O) groups excluding carboxylic acids is 1. The zero-order valence-electron chi connectivity index (χ0n) is 18.8. The van der Waals surface area contributed by atoms with Gasteiger partial charge in [-0.25, -0.2) is 0 Å². The Morgan fingerprint density at radius 2 is 1.72 bits per heavy atom. The summed E-state index contributed by atoms with van der Waals surface area (Å²) < 4.78 is 10.5. The minimum Gasteiger partial charge on any atom is -0.497 e. The molecular weight excluding hydrogens is 404 g/mol. The van der Waals surface area contributed by atoms with Crippen LogP contribution >= 0.6 is 0 Å². The lowest BCUT2D eigenvalue weighted by molar-refractivity contribution is 0.0769. The predicted molar refractivity (Wildman–Crippen MR) is 122 cm³/mol. The summed E-state index contributed by atoms with van der Waals surface area (Å²) in [7, 11) is 3.36. The Morgan fingerprint density at radius 3 is 2.38 bits per heavy atom. The van der Waals surface area contributed by atoms with Gasteiger partial charge >= 0.3 is 0 Å². The van der Waals surface area contributed by atoms with Gasteiger partial charge in [0.05, 0.1) is 13.7 Å². The normalized spacial score (nSPS) is 14.7. The van der Waals surface area contributed by atoms with E-state index < -0.39 is 0 Å². The Kier molecular flexibility index (Phi) is 7.17. The zero-order chi connectivity index (χ0) is 22.3. The summed E-state index contributed by atoms with van der Waals surface area (Å²) in [6.07, 6.45) is 5.21. The van der Waals surface area contributed by atoms with E-state index in [0.29, 0.717) is 17.3 Å². The van der Waals surface area contributed by atoms with E-state index in [1.54, 1.807) is 19.1 Å². The van der Waals surface area contributed by atoms with E-state index in [1.807, 2.05) is 36.4 Å². The van der Waals surface area contributed by atoms with Crippen molar-refractivity contribution in [2.75, 3.05) is 27.2 Å². The zero-order valence-corrected chi connectivity index (χ0v) is 18.8. The molecule has 0 bridgehead atoms. The van der Waals surface area contributed by atoms with Gasteiger partial charge < -0.3 is 14.2 Å². The molecule has 32 heavy (non-hydrogen) atoms. The highest BCUT2D eigenvalue weighted by Gasteiger charge is 2.17. The molecule has 1 aromatic heterocycles. The molecule has 1 aliphatic heterocycles. The Balaban J connectivity index is 1.34. The highest BCUT2D eigenvalue weighted by molar-refractivity contribution is 5.94. The van der Waals surface area contributed by atoms with Crippen LogP contribution in [0, 0.1) is 0 Å². The first-order chi connectivity index (χ1) is 15.6. The van der Waals surface area contributed by atoms with E-state index in [2.05, 4.69) is 27.2 Å². The molecule has 0 N–H and O–H groups in total. The Morgan fingerprint density at radius 1 is 1.03 bits per heavy atom. The number of likely N-dealkylation sites (tertiary alicyclic amines) is 1. The molecule has 1 saturated heterocycles. The molecule has 0 radical (unpaired) electrons. The molecule has 0 spiro atoms. The maximum Gasteiger partial charge on any atom is 0.254 e. The standard InChI is InChI=1S/C25H30N4O3/c1-28(18-23-26-24(27-32-23)20-11-13-22(31-2)14-12-20)25(30)21-9-7-19(8-10-21)17-29-15-5-3-4-6-16-29/h7-14H,3-6,15-18H2,1-2H3. The molecule has 168 valence electrons. The number of carbonyl (C=O) groups is 1. The number of benzene rings is 2. The largest absolute Gasteiger partial charge is 0.497 e. The average Bonchev–Trinajstić information content (AvgIpc) is 3.14. The molecule has 0 saturated carbocycles. The molecule has 1 fully saturated rings. The lowest BCUT2D eigenvalue weighted by Crippen LogP contribution is -2.26. The van der Waals surface area contributed by atoms with Crippen LogP contribution in [0.2, 0.25) is 0 Å². The topological polar surface area (TPSA) is 71.7 Å². The number of rotatable bonds is 7. The van der Waals surface area contributed by atoms with Crippen molar-refractivity contribution < 1.29 is 14.1 Å². The lowest BCUT2D eigenvalue weighted by Gasteiger charge is -2.20. The molecule has 7 heteroatoms. The number of amides is 1. The second-order valence-electron chi connectivity index (χ2n) is 8.29. The number of methoxy groups -OCH3 is 1. The molecule has 2 heterocycles. The van der Waals surface area contributed by atoms with Crippen LogP contribution in [0.1, 0.15) is 47.5 Å². The molecule has 0 aliphatic carbocycles. The third-order valence-corrected chi connectivity index (χ3v) is 5.84. The Bertz CT molecular complexity index is 1010. The number of nitrogens with zero attached hydrogens (tertiary/aromatic N) is 4. The van der Waals surface area contributed by atoms with E-state index in [-0.39, 0.29) is 12.5 Å². The van der Waals surface area contributed by atoms with Gasteiger partial charge in [-0.15, -0.1) is 0 Å². The molecular formula is C25H30N4O3. The van der Waals surface area contributed by atoms with Crippen LogP contribution in [0.25, 0.3) is 11.4 Å². The summed E-state index contributed by atoms with van der Waals surface area (Å²) in [4.78, 5) is 21.4. The third-order valence-electron chi connectivity index (χ3n) is 5.84. The van der Waals surface area contributed by atoms with Crippen LogP contribution in [-0.4, -0.2) is 53.1 Å². The first-order valence-electron chi connectivity index (χ1n) is 11.2. The molecule has 0 atom stereocenters. The molecule has 4 rings (SSSR count). The van der Waals surface area contributed by atoms with Crippen molar-refractivity contribution in [1.29, 1.82) is 0 Å². The summed E-state index contributed by atoms with van der Waals surface area (Å²) in [5, 5.41) is 4.03. The van der Waals surface area contributed by atoms with E-state index in [9.17, 15) is 4.79 Å². The summed E-state index contributed by atoms with van der Waals surface area (Å²) in [5.41, 5.74) is 2.73. The van der Waals surface area contributed by atoms with Crippen molar-refractivity contribution in [1.82, 2.24) is 19.9 Å². The molecule has 3 aromatic rings. The third kappa shape index (κ3) is 5.53. The van der Waals surface area contributed by atoms with Gasteiger partial charge in [0.2, 0.25) is 11.7 Å². The fourth-order valence-electron chi connectivity index (χ4n) is 3.98. The van der Waals surface area contributed by atoms with E-state index in [4.69, 9.17) is 9.26 Å². The van der Waals surface area contributed by atoms with Crippen LogP contribution in [0.4, 0.5) is 0 Å². The minimum absolute atomic E-state index is 0.0736. The van der Waals surface area contributed by atoms with Gasteiger partial charge in [-0.05, 0) is 67.9 Å². The summed E-state index contributed by atoms with van der Waals surface area (Å²) >= 11 is 0. The van der Waals surface area contributed by atoms with Gasteiger partial charge in [-0.2, -0.15) is 4.98 Å². The van der Waals surface area contributed by atoms with Crippen LogP contribution < -0.4 is 4.74 Å². The fraction of sp³-hybridized carbons (Fsp3) is 0.400. The highest BCUT2D eigenvalue weighted by Crippen LogP contribution is 2.20. The van der Waals surface area contributed by atoms with E-state index in [0.717, 1.165) is 30.9 Å². The minimum atomic E-state index is -0.0736. The highest BCUT2D eigenvalue weighted by atomic mass is 16.5. The number of hydrogen-bond acceptors (Lipinski definition) is 6. The lowest BCUT2D eigenvalue weighted by atomic mass is 10.1. The van der Waals surface area contributed by atoms with E-state index >= 15 is 0 Å². The number of ether oxygens (including phenoxy) is 1. The summed E-state index contributed by atoms with van der Waals surface area (Å²) in [6, 6.07) is 15.4. The van der Waals surface area contributed by atoms with Gasteiger partial charge in [-0.1, -0.05) is 30.1 Å². The van der Waals surface area contributed by atoms with Crippen molar-refractivity contribution >= 4 is 5.91 Å². The first-order valence-corrected chi connectivity index (χ1v) is 11.2. The number of aromatic nitrogens is 2. The maximum atomic E-state index is 12.9. The predicted octanol–water partition coefficient (Wildman–Crippen LogP) is 4.39. The Hall–Kier alpha value is -3.19. The van der Waals surface area contributed by atoms with Crippen molar-refractivity contribution in [2.24, 2.45) is 0 Å². The van der Waals surface area contributed by atoms with Gasteiger partial charge in [0.25, 0.3) is 5.91 Å². The monoisotopic (exact) mass is 434 g/mol. The first kappa shape index (κ1) is 22.0. The van der Waals surface area contributed by atoms with E-state index in [1.165, 1.54) is 31.2 Å². The van der Waals surface area contributed by atoms with Gasteiger partial charge in [0, 0.05) is 24.7 Å². The Labute approximate surface area is 189 Å². The molecule has 1 aliphatic rings. The molecule has 0 unspecified atom stereocenters. The summed E-state index contributed by atoms with van der Waals surface area (Å²) in [5.74, 6) is 1.57. The second-order valence-corrected chi connectivity index (χ2v) is 8.29. The van der Waals surface area contributed by atoms with Gasteiger partial charge in [-0.3, -0.25) is 9.69 Å². The SMILES string of the molecule is COc1ccc(-c2noc(CN(C)C(=O)c3ccc(CN4CCCCCC4)cc3)n2)cc1. The fourth-order valence-corrected chi connectivity index (χ4v) is 3.98. The van der Waals surface area contributed by atoms with Crippen LogP contribution in [0.15, 0.2) is 53.1 Å². The van der Waals surface area contributed by atoms with Crippen LogP contribution in [0.3, 0.4) is 0 Å². The maximum absolute atomic E-state index is 12.9. The van der Waals surface area contributed by atoms with Crippen LogP contribution in [0.5, 0.6) is 5.75 Å².